The molecule has 1 aromatic heterocycles. The largest absolute Gasteiger partial charge is 0.380 e. The van der Waals surface area contributed by atoms with Crippen molar-refractivity contribution in [3.8, 4) is 5.75 Å². The Labute approximate surface area is 123 Å². The fraction of sp³-hybridized carbons (Fsp3) is 0.188. The van der Waals surface area contributed by atoms with Crippen LogP contribution >= 0.6 is 0 Å². The fourth-order valence-electron chi connectivity index (χ4n) is 2.30. The van der Waals surface area contributed by atoms with Crippen LogP contribution in [0.4, 0.5) is 11.4 Å². The molecule has 1 N–H and O–H groups in total. The monoisotopic (exact) mass is 282 g/mol. The molecule has 0 amide bonds. The van der Waals surface area contributed by atoms with E-state index >= 15 is 0 Å². The van der Waals surface area contributed by atoms with Crippen molar-refractivity contribution < 1.29 is 4.84 Å². The van der Waals surface area contributed by atoms with Crippen LogP contribution in [-0.2, 0) is 7.05 Å². The highest BCUT2D eigenvalue weighted by Crippen LogP contribution is 2.34. The number of rotatable bonds is 4. The minimum atomic E-state index is 0.745. The molecule has 0 fully saturated rings. The van der Waals surface area contributed by atoms with Gasteiger partial charge in [-0.15, -0.1) is 0 Å². The molecule has 5 heteroatoms. The Balaban J connectivity index is 1.96. The summed E-state index contributed by atoms with van der Waals surface area (Å²) in [5.74, 6) is 0.745. The van der Waals surface area contributed by atoms with Crippen molar-refractivity contribution in [2.24, 2.45) is 7.05 Å². The summed E-state index contributed by atoms with van der Waals surface area (Å²) in [5, 5.41) is 0. The number of aromatic nitrogens is 2. The number of benzene rings is 2. The molecule has 5 nitrogen and oxygen atoms in total. The van der Waals surface area contributed by atoms with Gasteiger partial charge in [0.15, 0.2) is 5.75 Å². The van der Waals surface area contributed by atoms with Crippen molar-refractivity contribution in [3.05, 3.63) is 48.8 Å². The maximum absolute atomic E-state index is 5.76. The van der Waals surface area contributed by atoms with Crippen molar-refractivity contribution >= 4 is 22.4 Å². The normalized spacial score (nSPS) is 10.6. The van der Waals surface area contributed by atoms with Crippen LogP contribution in [0.2, 0.25) is 0 Å². The molecule has 1 heterocycles. The summed E-state index contributed by atoms with van der Waals surface area (Å²) in [7, 11) is 5.95. The second-order valence-corrected chi connectivity index (χ2v) is 5.10. The summed E-state index contributed by atoms with van der Waals surface area (Å²) in [6, 6.07) is 13.8. The highest BCUT2D eigenvalue weighted by atomic mass is 16.6. The third-order valence-electron chi connectivity index (χ3n) is 3.33. The second kappa shape index (κ2) is 5.36. The number of aryl methyl sites for hydroxylation is 1. The van der Waals surface area contributed by atoms with E-state index in [0.717, 1.165) is 28.2 Å². The molecule has 0 saturated heterocycles. The maximum Gasteiger partial charge on any atom is 0.180 e. The number of nitrogens with one attached hydrogen (secondary N) is 1. The van der Waals surface area contributed by atoms with Crippen LogP contribution in [0.1, 0.15) is 0 Å². The molecular weight excluding hydrogens is 264 g/mol. The first-order valence-corrected chi connectivity index (χ1v) is 6.76. The van der Waals surface area contributed by atoms with Crippen LogP contribution in [0.5, 0.6) is 5.75 Å². The highest BCUT2D eigenvalue weighted by Gasteiger charge is 2.14. The zero-order chi connectivity index (χ0) is 14.8. The fourth-order valence-corrected chi connectivity index (χ4v) is 2.30. The van der Waals surface area contributed by atoms with Gasteiger partial charge in [-0.05, 0) is 24.3 Å². The van der Waals surface area contributed by atoms with Gasteiger partial charge >= 0.3 is 0 Å². The van der Waals surface area contributed by atoms with E-state index in [1.54, 1.807) is 0 Å². The van der Waals surface area contributed by atoms with Gasteiger partial charge in [0.25, 0.3) is 0 Å². The molecule has 0 unspecified atom stereocenters. The number of anilines is 2. The van der Waals surface area contributed by atoms with Gasteiger partial charge in [0.2, 0.25) is 0 Å². The zero-order valence-electron chi connectivity index (χ0n) is 12.4. The van der Waals surface area contributed by atoms with Gasteiger partial charge in [-0.1, -0.05) is 18.2 Å². The average molecular weight is 282 g/mol. The van der Waals surface area contributed by atoms with E-state index in [0.29, 0.717) is 0 Å². The number of fused-ring (bicyclic) bond motifs is 1. The van der Waals surface area contributed by atoms with Crippen molar-refractivity contribution in [3.63, 3.8) is 0 Å². The smallest absolute Gasteiger partial charge is 0.180 e. The molecule has 0 bridgehead atoms. The summed E-state index contributed by atoms with van der Waals surface area (Å²) in [5.41, 5.74) is 6.83. The molecular formula is C16H18N4O. The molecule has 0 aliphatic carbocycles. The van der Waals surface area contributed by atoms with Gasteiger partial charge in [0.05, 0.1) is 17.5 Å². The SMILES string of the molecule is CN(C)c1c(ONc2ccccc2)ccc2c1ncn2C. The first-order valence-electron chi connectivity index (χ1n) is 6.76. The molecule has 0 saturated carbocycles. The molecule has 108 valence electrons. The van der Waals surface area contributed by atoms with E-state index in [9.17, 15) is 0 Å². The lowest BCUT2D eigenvalue weighted by molar-refractivity contribution is 0.406. The average Bonchev–Trinajstić information content (AvgIpc) is 2.87. The summed E-state index contributed by atoms with van der Waals surface area (Å²) in [4.78, 5) is 12.2. The van der Waals surface area contributed by atoms with Gasteiger partial charge in [-0.2, -0.15) is 0 Å². The van der Waals surface area contributed by atoms with E-state index in [1.165, 1.54) is 0 Å². The summed E-state index contributed by atoms with van der Waals surface area (Å²) < 4.78 is 2.00. The Morgan fingerprint density at radius 1 is 1.10 bits per heavy atom. The standard InChI is InChI=1S/C16H18N4O/c1-19(2)16-14(21-18-12-7-5-4-6-8-12)10-9-13-15(16)17-11-20(13)3/h4-11,18H,1-3H3. The van der Waals surface area contributed by atoms with Gasteiger partial charge in [0.1, 0.15) is 11.2 Å². The lowest BCUT2D eigenvalue weighted by Gasteiger charge is -2.18. The van der Waals surface area contributed by atoms with E-state index in [-0.39, 0.29) is 0 Å². The third kappa shape index (κ3) is 2.50. The quantitative estimate of drug-likeness (QED) is 0.747. The number of para-hydroxylation sites is 1. The Hall–Kier alpha value is -2.69. The van der Waals surface area contributed by atoms with Crippen molar-refractivity contribution in [2.45, 2.75) is 0 Å². The number of hydrogen-bond acceptors (Lipinski definition) is 4. The molecule has 21 heavy (non-hydrogen) atoms. The molecule has 3 aromatic rings. The molecule has 3 rings (SSSR count). The predicted molar refractivity (Wildman–Crippen MR) is 85.7 cm³/mol. The van der Waals surface area contributed by atoms with Crippen LogP contribution in [0.3, 0.4) is 0 Å². The molecule has 0 spiro atoms. The number of hydrogen-bond donors (Lipinski definition) is 1. The van der Waals surface area contributed by atoms with E-state index in [1.807, 2.05) is 79.4 Å². The molecule has 0 aliphatic heterocycles. The third-order valence-corrected chi connectivity index (χ3v) is 3.33. The van der Waals surface area contributed by atoms with Gasteiger partial charge in [0, 0.05) is 21.1 Å². The summed E-state index contributed by atoms with van der Waals surface area (Å²) in [6.07, 6.45) is 1.81. The summed E-state index contributed by atoms with van der Waals surface area (Å²) in [6.45, 7) is 0. The Kier molecular flexibility index (Phi) is 3.39. The van der Waals surface area contributed by atoms with Crippen molar-refractivity contribution in [2.75, 3.05) is 24.5 Å². The first kappa shape index (κ1) is 13.3. The van der Waals surface area contributed by atoms with Crippen LogP contribution < -0.4 is 15.2 Å². The van der Waals surface area contributed by atoms with Crippen LogP contribution in [-0.4, -0.2) is 23.6 Å². The zero-order valence-corrected chi connectivity index (χ0v) is 12.4. The lowest BCUT2D eigenvalue weighted by atomic mass is 10.2. The molecule has 0 aliphatic rings. The molecule has 0 atom stereocenters. The van der Waals surface area contributed by atoms with Crippen molar-refractivity contribution in [1.29, 1.82) is 0 Å². The summed E-state index contributed by atoms with van der Waals surface area (Å²) >= 11 is 0. The van der Waals surface area contributed by atoms with Crippen LogP contribution in [0.15, 0.2) is 48.8 Å². The minimum absolute atomic E-state index is 0.745. The van der Waals surface area contributed by atoms with E-state index in [4.69, 9.17) is 4.84 Å². The van der Waals surface area contributed by atoms with Gasteiger partial charge in [-0.3, -0.25) is 0 Å². The Bertz CT molecular complexity index is 750. The lowest BCUT2D eigenvalue weighted by Crippen LogP contribution is -2.13. The number of nitrogens with zero attached hydrogens (tertiary/aromatic N) is 3. The second-order valence-electron chi connectivity index (χ2n) is 5.10. The molecule has 2 aromatic carbocycles. The predicted octanol–water partition coefficient (Wildman–Crippen LogP) is 3.05. The van der Waals surface area contributed by atoms with Crippen LogP contribution in [0.25, 0.3) is 11.0 Å². The van der Waals surface area contributed by atoms with Gasteiger partial charge in [-0.25, -0.2) is 10.5 Å². The Morgan fingerprint density at radius 2 is 1.86 bits per heavy atom. The topological polar surface area (TPSA) is 42.3 Å². The minimum Gasteiger partial charge on any atom is -0.380 e. The molecule has 0 radical (unpaired) electrons. The number of imidazole rings is 1. The Morgan fingerprint density at radius 3 is 2.57 bits per heavy atom. The van der Waals surface area contributed by atoms with Crippen molar-refractivity contribution in [1.82, 2.24) is 9.55 Å². The van der Waals surface area contributed by atoms with E-state index < -0.39 is 0 Å². The highest BCUT2D eigenvalue weighted by molar-refractivity contribution is 5.92. The first-order chi connectivity index (χ1) is 10.2. The van der Waals surface area contributed by atoms with Gasteiger partial charge < -0.3 is 14.3 Å². The maximum atomic E-state index is 5.76. The van der Waals surface area contributed by atoms with E-state index in [2.05, 4.69) is 10.5 Å². The van der Waals surface area contributed by atoms with Crippen LogP contribution in [0, 0.1) is 0 Å².